The van der Waals surface area contributed by atoms with Crippen LogP contribution in [-0.2, 0) is 4.79 Å². The highest BCUT2D eigenvalue weighted by Crippen LogP contribution is 2.35. The quantitative estimate of drug-likeness (QED) is 0.545. The number of piperazine rings is 1. The Bertz CT molecular complexity index is 1050. The van der Waals surface area contributed by atoms with E-state index in [0.717, 1.165) is 57.9 Å². The molecule has 0 saturated carbocycles. The Morgan fingerprint density at radius 3 is 2.67 bits per heavy atom. The summed E-state index contributed by atoms with van der Waals surface area (Å²) in [6, 6.07) is 12.2. The lowest BCUT2D eigenvalue weighted by molar-refractivity contribution is -0.123. The number of fused-ring (bicyclic) bond motifs is 3. The van der Waals surface area contributed by atoms with Gasteiger partial charge in [0, 0.05) is 44.6 Å². The molecule has 3 aliphatic rings. The van der Waals surface area contributed by atoms with Gasteiger partial charge in [0.1, 0.15) is 24.2 Å². The van der Waals surface area contributed by atoms with Crippen LogP contribution in [0, 0.1) is 5.92 Å². The molecule has 0 bridgehead atoms. The molecular formula is C27H38N6O3. The number of hydrogen-bond acceptors (Lipinski definition) is 6. The minimum atomic E-state index is -0.145. The van der Waals surface area contributed by atoms with Crippen LogP contribution in [0.25, 0.3) is 0 Å². The van der Waals surface area contributed by atoms with Crippen LogP contribution >= 0.6 is 0 Å². The molecule has 4 heterocycles. The van der Waals surface area contributed by atoms with Crippen molar-refractivity contribution in [3.63, 3.8) is 0 Å². The van der Waals surface area contributed by atoms with Gasteiger partial charge in [-0.1, -0.05) is 6.92 Å². The molecule has 0 aliphatic carbocycles. The SMILES string of the molecule is COc1ccc(N2CCN(CCCNC(=O)CN3C(=O)c4cccn4C4C(C)CCNC43)CC2)cc1. The van der Waals surface area contributed by atoms with E-state index in [1.807, 2.05) is 30.5 Å². The number of anilines is 1. The molecule has 3 aliphatic heterocycles. The molecule has 2 saturated heterocycles. The van der Waals surface area contributed by atoms with Crippen molar-refractivity contribution in [1.82, 2.24) is 25.0 Å². The Hall–Kier alpha value is -3.04. The zero-order valence-electron chi connectivity index (χ0n) is 21.4. The van der Waals surface area contributed by atoms with Crippen LogP contribution in [0.5, 0.6) is 5.75 Å². The van der Waals surface area contributed by atoms with Crippen LogP contribution in [0.2, 0.25) is 0 Å². The highest BCUT2D eigenvalue weighted by Gasteiger charge is 2.44. The number of methoxy groups -OCH3 is 1. The molecule has 2 fully saturated rings. The smallest absolute Gasteiger partial charge is 0.272 e. The zero-order chi connectivity index (χ0) is 25.1. The van der Waals surface area contributed by atoms with E-state index in [0.29, 0.717) is 18.2 Å². The summed E-state index contributed by atoms with van der Waals surface area (Å²) < 4.78 is 7.34. The van der Waals surface area contributed by atoms with Crippen molar-refractivity contribution in [3.8, 4) is 5.75 Å². The predicted molar refractivity (Wildman–Crippen MR) is 139 cm³/mol. The van der Waals surface area contributed by atoms with Crippen LogP contribution in [-0.4, -0.2) is 91.8 Å². The van der Waals surface area contributed by atoms with E-state index >= 15 is 0 Å². The molecule has 1 aromatic heterocycles. The minimum absolute atomic E-state index is 0.0762. The van der Waals surface area contributed by atoms with Crippen molar-refractivity contribution in [2.75, 3.05) is 64.4 Å². The summed E-state index contributed by atoms with van der Waals surface area (Å²) in [4.78, 5) is 32.5. The Morgan fingerprint density at radius 2 is 1.92 bits per heavy atom. The maximum absolute atomic E-state index is 13.1. The van der Waals surface area contributed by atoms with E-state index < -0.39 is 0 Å². The van der Waals surface area contributed by atoms with Crippen LogP contribution in [0.15, 0.2) is 42.6 Å². The second kappa shape index (κ2) is 10.9. The summed E-state index contributed by atoms with van der Waals surface area (Å²) in [7, 11) is 1.69. The molecule has 194 valence electrons. The second-order valence-corrected chi connectivity index (χ2v) is 10.1. The van der Waals surface area contributed by atoms with Crippen LogP contribution in [0.3, 0.4) is 0 Å². The number of nitrogens with one attached hydrogen (secondary N) is 2. The Morgan fingerprint density at radius 1 is 1.14 bits per heavy atom. The average molecular weight is 495 g/mol. The Kier molecular flexibility index (Phi) is 7.48. The molecule has 2 N–H and O–H groups in total. The van der Waals surface area contributed by atoms with Crippen molar-refractivity contribution >= 4 is 17.5 Å². The summed E-state index contributed by atoms with van der Waals surface area (Å²) >= 11 is 0. The number of ether oxygens (including phenoxy) is 1. The van der Waals surface area contributed by atoms with E-state index in [9.17, 15) is 9.59 Å². The lowest BCUT2D eigenvalue weighted by Gasteiger charge is -2.47. The molecule has 3 atom stereocenters. The molecule has 3 unspecified atom stereocenters. The first-order valence-electron chi connectivity index (χ1n) is 13.1. The third-order valence-corrected chi connectivity index (χ3v) is 7.87. The van der Waals surface area contributed by atoms with E-state index in [1.54, 1.807) is 12.0 Å². The summed E-state index contributed by atoms with van der Waals surface area (Å²) in [5.74, 6) is 1.15. The Labute approximate surface area is 213 Å². The predicted octanol–water partition coefficient (Wildman–Crippen LogP) is 1.78. The third kappa shape index (κ3) is 5.08. The van der Waals surface area contributed by atoms with E-state index in [4.69, 9.17) is 4.74 Å². The fourth-order valence-corrected chi connectivity index (χ4v) is 5.82. The number of hydrogen-bond donors (Lipinski definition) is 2. The van der Waals surface area contributed by atoms with E-state index in [1.165, 1.54) is 5.69 Å². The van der Waals surface area contributed by atoms with Gasteiger partial charge in [0.25, 0.3) is 5.91 Å². The molecular weight excluding hydrogens is 456 g/mol. The molecule has 9 heteroatoms. The monoisotopic (exact) mass is 494 g/mol. The van der Waals surface area contributed by atoms with Crippen LogP contribution in [0.4, 0.5) is 5.69 Å². The average Bonchev–Trinajstić information content (AvgIpc) is 3.39. The van der Waals surface area contributed by atoms with Gasteiger partial charge in [0.15, 0.2) is 0 Å². The fraction of sp³-hybridized carbons (Fsp3) is 0.556. The van der Waals surface area contributed by atoms with Crippen molar-refractivity contribution < 1.29 is 14.3 Å². The van der Waals surface area contributed by atoms with Gasteiger partial charge in [-0.15, -0.1) is 0 Å². The first kappa shape index (κ1) is 24.6. The molecule has 1 aromatic carbocycles. The number of aromatic nitrogens is 1. The molecule has 0 spiro atoms. The number of amides is 2. The first-order valence-corrected chi connectivity index (χ1v) is 13.1. The number of nitrogens with zero attached hydrogens (tertiary/aromatic N) is 4. The van der Waals surface area contributed by atoms with Gasteiger partial charge in [-0.05, 0) is 68.2 Å². The van der Waals surface area contributed by atoms with Gasteiger partial charge in [-0.25, -0.2) is 0 Å². The van der Waals surface area contributed by atoms with Gasteiger partial charge in [-0.3, -0.25) is 19.8 Å². The Balaban J connectivity index is 1.06. The second-order valence-electron chi connectivity index (χ2n) is 10.1. The lowest BCUT2D eigenvalue weighted by atomic mass is 9.89. The molecule has 36 heavy (non-hydrogen) atoms. The summed E-state index contributed by atoms with van der Waals surface area (Å²) in [6.07, 6.45) is 3.80. The largest absolute Gasteiger partial charge is 0.497 e. The van der Waals surface area contributed by atoms with E-state index in [-0.39, 0.29) is 30.6 Å². The van der Waals surface area contributed by atoms with Crippen molar-refractivity contribution in [1.29, 1.82) is 0 Å². The van der Waals surface area contributed by atoms with Gasteiger partial charge in [0.05, 0.1) is 13.2 Å². The molecule has 2 aromatic rings. The van der Waals surface area contributed by atoms with Crippen LogP contribution in [0.1, 0.15) is 36.3 Å². The molecule has 2 amide bonds. The number of benzene rings is 1. The maximum atomic E-state index is 13.1. The highest BCUT2D eigenvalue weighted by molar-refractivity contribution is 5.96. The fourth-order valence-electron chi connectivity index (χ4n) is 5.82. The topological polar surface area (TPSA) is 82.1 Å². The number of piperidine rings is 1. The van der Waals surface area contributed by atoms with Crippen molar-refractivity contribution in [2.24, 2.45) is 5.92 Å². The molecule has 5 rings (SSSR count). The van der Waals surface area contributed by atoms with Gasteiger partial charge in [-0.2, -0.15) is 0 Å². The summed E-state index contributed by atoms with van der Waals surface area (Å²) in [5.41, 5.74) is 1.90. The van der Waals surface area contributed by atoms with Crippen LogP contribution < -0.4 is 20.3 Å². The van der Waals surface area contributed by atoms with Crippen molar-refractivity contribution in [3.05, 3.63) is 48.3 Å². The maximum Gasteiger partial charge on any atom is 0.272 e. The van der Waals surface area contributed by atoms with Gasteiger partial charge >= 0.3 is 0 Å². The lowest BCUT2D eigenvalue weighted by Crippen LogP contribution is -2.62. The number of carbonyl (C=O) groups is 2. The van der Waals surface area contributed by atoms with E-state index in [2.05, 4.69) is 44.1 Å². The summed E-state index contributed by atoms with van der Waals surface area (Å²) in [5, 5.41) is 6.53. The zero-order valence-corrected chi connectivity index (χ0v) is 21.4. The van der Waals surface area contributed by atoms with Gasteiger partial charge in [0.2, 0.25) is 5.91 Å². The standard InChI is InChI=1S/C27H38N6O3/c1-20-10-12-29-26-25(20)32-14-3-5-23(32)27(35)33(26)19-24(34)28-11-4-13-30-15-17-31(18-16-30)21-6-8-22(36-2)9-7-21/h3,5-9,14,20,25-26,29H,4,10-13,15-19H2,1-2H3,(H,28,34). The first-order chi connectivity index (χ1) is 17.5. The van der Waals surface area contributed by atoms with Crippen molar-refractivity contribution in [2.45, 2.75) is 32.0 Å². The number of carbonyl (C=O) groups excluding carboxylic acids is 2. The number of rotatable bonds is 8. The normalized spacial score (nSPS) is 24.3. The molecule has 0 radical (unpaired) electrons. The van der Waals surface area contributed by atoms with Gasteiger partial charge < -0.3 is 24.4 Å². The highest BCUT2D eigenvalue weighted by atomic mass is 16.5. The summed E-state index contributed by atoms with van der Waals surface area (Å²) in [6.45, 7) is 8.75. The third-order valence-electron chi connectivity index (χ3n) is 7.87. The molecule has 9 nitrogen and oxygen atoms in total. The minimum Gasteiger partial charge on any atom is -0.497 e.